The number of anilines is 1. The summed E-state index contributed by atoms with van der Waals surface area (Å²) in [6.45, 7) is 6.21. The summed E-state index contributed by atoms with van der Waals surface area (Å²) in [5.74, 6) is 0.845. The standard InChI is InChI=1S/C23H29N3O2S/c1-17-15-18(2)22-20(16-17)29-23(24-22)26(13-8-12-25(3)4)21(27)11-14-28-19-9-6-5-7-10-19/h5-7,9-10,15-16H,8,11-14H2,1-4H3/p+1. The maximum atomic E-state index is 13.0. The summed E-state index contributed by atoms with van der Waals surface area (Å²) in [6.07, 6.45) is 1.26. The third-order valence-electron chi connectivity index (χ3n) is 4.74. The van der Waals surface area contributed by atoms with Crippen LogP contribution >= 0.6 is 11.3 Å². The molecule has 0 aliphatic carbocycles. The summed E-state index contributed by atoms with van der Waals surface area (Å²) in [6, 6.07) is 13.9. The maximum absolute atomic E-state index is 13.0. The second-order valence-electron chi connectivity index (χ2n) is 7.69. The van der Waals surface area contributed by atoms with Crippen molar-refractivity contribution in [2.45, 2.75) is 26.7 Å². The maximum Gasteiger partial charge on any atom is 0.232 e. The monoisotopic (exact) mass is 412 g/mol. The number of ether oxygens (including phenoxy) is 1. The van der Waals surface area contributed by atoms with Gasteiger partial charge in [0, 0.05) is 13.0 Å². The Hall–Kier alpha value is -2.44. The minimum Gasteiger partial charge on any atom is -0.493 e. The molecular weight excluding hydrogens is 382 g/mol. The average Bonchev–Trinajstić information content (AvgIpc) is 3.09. The normalized spacial score (nSPS) is 11.2. The number of hydrogen-bond acceptors (Lipinski definition) is 4. The van der Waals surface area contributed by atoms with E-state index in [0.717, 1.165) is 39.6 Å². The molecule has 0 unspecified atom stereocenters. The van der Waals surface area contributed by atoms with Gasteiger partial charge in [0.15, 0.2) is 5.13 Å². The number of quaternary nitrogens is 1. The Morgan fingerprint density at radius 2 is 1.93 bits per heavy atom. The van der Waals surface area contributed by atoms with Crippen LogP contribution in [0.4, 0.5) is 5.13 Å². The zero-order valence-corrected chi connectivity index (χ0v) is 18.5. The zero-order chi connectivity index (χ0) is 20.8. The third kappa shape index (κ3) is 5.78. The fraction of sp³-hybridized carbons (Fsp3) is 0.391. The van der Waals surface area contributed by atoms with Crippen LogP contribution in [0.25, 0.3) is 10.2 Å². The smallest absolute Gasteiger partial charge is 0.232 e. The van der Waals surface area contributed by atoms with Gasteiger partial charge in [-0.3, -0.25) is 9.69 Å². The van der Waals surface area contributed by atoms with Crippen molar-refractivity contribution in [1.82, 2.24) is 4.98 Å². The van der Waals surface area contributed by atoms with Gasteiger partial charge in [-0.25, -0.2) is 4.98 Å². The summed E-state index contributed by atoms with van der Waals surface area (Å²) in [7, 11) is 4.26. The topological polar surface area (TPSA) is 46.9 Å². The third-order valence-corrected chi connectivity index (χ3v) is 5.76. The lowest BCUT2D eigenvalue weighted by Gasteiger charge is -2.20. The SMILES string of the molecule is Cc1cc(C)c2nc(N(CCC[NH+](C)C)C(=O)CCOc3ccccc3)sc2c1. The Balaban J connectivity index is 1.74. The van der Waals surface area contributed by atoms with E-state index in [4.69, 9.17) is 9.72 Å². The van der Waals surface area contributed by atoms with E-state index in [1.54, 1.807) is 11.3 Å². The number of nitrogens with one attached hydrogen (secondary N) is 1. The van der Waals surface area contributed by atoms with Crippen LogP contribution in [-0.2, 0) is 4.79 Å². The Bertz CT molecular complexity index is 953. The lowest BCUT2D eigenvalue weighted by Crippen LogP contribution is -3.05. The van der Waals surface area contributed by atoms with Gasteiger partial charge in [0.25, 0.3) is 0 Å². The molecule has 154 valence electrons. The van der Waals surface area contributed by atoms with Crippen molar-refractivity contribution >= 4 is 32.6 Å². The Morgan fingerprint density at radius 3 is 2.66 bits per heavy atom. The van der Waals surface area contributed by atoms with Crippen molar-refractivity contribution in [2.24, 2.45) is 0 Å². The molecule has 1 heterocycles. The van der Waals surface area contributed by atoms with Gasteiger partial charge < -0.3 is 9.64 Å². The quantitative estimate of drug-likeness (QED) is 0.587. The number of rotatable bonds is 9. The van der Waals surface area contributed by atoms with Gasteiger partial charge in [-0.2, -0.15) is 0 Å². The van der Waals surface area contributed by atoms with Crippen LogP contribution in [0.15, 0.2) is 42.5 Å². The first-order chi connectivity index (χ1) is 13.9. The summed E-state index contributed by atoms with van der Waals surface area (Å²) < 4.78 is 6.86. The fourth-order valence-corrected chi connectivity index (χ4v) is 4.49. The molecule has 0 saturated carbocycles. The van der Waals surface area contributed by atoms with Gasteiger partial charge in [-0.1, -0.05) is 35.6 Å². The predicted molar refractivity (Wildman–Crippen MR) is 120 cm³/mol. The molecule has 0 aliphatic heterocycles. The minimum absolute atomic E-state index is 0.0584. The number of aromatic nitrogens is 1. The number of fused-ring (bicyclic) bond motifs is 1. The van der Waals surface area contributed by atoms with E-state index in [1.165, 1.54) is 10.5 Å². The molecule has 5 nitrogen and oxygen atoms in total. The second-order valence-corrected chi connectivity index (χ2v) is 8.70. The number of benzene rings is 2. The van der Waals surface area contributed by atoms with Gasteiger partial charge in [0.05, 0.1) is 43.9 Å². The second kappa shape index (κ2) is 9.85. The first kappa shape index (κ1) is 21.3. The van der Waals surface area contributed by atoms with Crippen molar-refractivity contribution in [2.75, 3.05) is 38.7 Å². The molecule has 0 spiro atoms. The van der Waals surface area contributed by atoms with E-state index >= 15 is 0 Å². The highest BCUT2D eigenvalue weighted by Gasteiger charge is 2.20. The predicted octanol–water partition coefficient (Wildman–Crippen LogP) is 3.25. The number of nitrogens with zero attached hydrogens (tertiary/aromatic N) is 2. The van der Waals surface area contributed by atoms with Crippen LogP contribution in [0.5, 0.6) is 5.75 Å². The lowest BCUT2D eigenvalue weighted by molar-refractivity contribution is -0.858. The Labute approximate surface area is 176 Å². The highest BCUT2D eigenvalue weighted by Crippen LogP contribution is 2.32. The van der Waals surface area contributed by atoms with Crippen LogP contribution < -0.4 is 14.5 Å². The molecule has 0 fully saturated rings. The molecule has 0 atom stereocenters. The summed E-state index contributed by atoms with van der Waals surface area (Å²) in [5.41, 5.74) is 3.36. The Morgan fingerprint density at radius 1 is 1.17 bits per heavy atom. The van der Waals surface area contributed by atoms with Gasteiger partial charge in [-0.15, -0.1) is 0 Å². The van der Waals surface area contributed by atoms with E-state index < -0.39 is 0 Å². The number of carbonyl (C=O) groups is 1. The van der Waals surface area contributed by atoms with E-state index in [9.17, 15) is 4.79 Å². The highest BCUT2D eigenvalue weighted by atomic mass is 32.1. The van der Waals surface area contributed by atoms with Crippen molar-refractivity contribution in [3.8, 4) is 5.75 Å². The molecule has 2 aromatic carbocycles. The van der Waals surface area contributed by atoms with Crippen molar-refractivity contribution in [3.63, 3.8) is 0 Å². The number of hydrogen-bond donors (Lipinski definition) is 1. The number of thiazole rings is 1. The van der Waals surface area contributed by atoms with E-state index in [2.05, 4.69) is 40.1 Å². The van der Waals surface area contributed by atoms with Crippen molar-refractivity contribution in [1.29, 1.82) is 0 Å². The van der Waals surface area contributed by atoms with Crippen LogP contribution in [0.1, 0.15) is 24.0 Å². The molecule has 1 N–H and O–H groups in total. The molecule has 3 rings (SSSR count). The average molecular weight is 413 g/mol. The molecule has 1 aromatic heterocycles. The minimum atomic E-state index is 0.0584. The number of amides is 1. The first-order valence-electron chi connectivity index (χ1n) is 10.1. The van der Waals surface area contributed by atoms with Crippen molar-refractivity contribution < 1.29 is 14.4 Å². The van der Waals surface area contributed by atoms with Crippen LogP contribution in [-0.4, -0.2) is 44.7 Å². The zero-order valence-electron chi connectivity index (χ0n) is 17.7. The van der Waals surface area contributed by atoms with E-state index in [0.29, 0.717) is 19.6 Å². The summed E-state index contributed by atoms with van der Waals surface area (Å²) >= 11 is 1.60. The highest BCUT2D eigenvalue weighted by molar-refractivity contribution is 7.22. The van der Waals surface area contributed by atoms with Crippen LogP contribution in [0.3, 0.4) is 0 Å². The van der Waals surface area contributed by atoms with Gasteiger partial charge in [0.1, 0.15) is 5.75 Å². The number of para-hydroxylation sites is 1. The first-order valence-corrected chi connectivity index (χ1v) is 10.9. The summed E-state index contributed by atoms with van der Waals surface area (Å²) in [4.78, 5) is 21.1. The van der Waals surface area contributed by atoms with Gasteiger partial charge >= 0.3 is 0 Å². The molecule has 0 radical (unpaired) electrons. The van der Waals surface area contributed by atoms with Crippen LogP contribution in [0.2, 0.25) is 0 Å². The van der Waals surface area contributed by atoms with Crippen molar-refractivity contribution in [3.05, 3.63) is 53.6 Å². The number of carbonyl (C=O) groups excluding carboxylic acids is 1. The van der Waals surface area contributed by atoms with Gasteiger partial charge in [0.2, 0.25) is 5.91 Å². The molecule has 0 bridgehead atoms. The Kier molecular flexibility index (Phi) is 7.23. The number of aryl methyl sites for hydroxylation is 2. The van der Waals surface area contributed by atoms with E-state index in [1.807, 2.05) is 35.2 Å². The fourth-order valence-electron chi connectivity index (χ4n) is 3.30. The van der Waals surface area contributed by atoms with E-state index in [-0.39, 0.29) is 5.91 Å². The molecule has 6 heteroatoms. The molecule has 0 saturated heterocycles. The molecule has 29 heavy (non-hydrogen) atoms. The molecular formula is C23H30N3O2S+. The van der Waals surface area contributed by atoms with Crippen LogP contribution in [0, 0.1) is 13.8 Å². The largest absolute Gasteiger partial charge is 0.493 e. The molecule has 0 aliphatic rings. The van der Waals surface area contributed by atoms with Gasteiger partial charge in [-0.05, 0) is 43.2 Å². The molecule has 3 aromatic rings. The lowest BCUT2D eigenvalue weighted by atomic mass is 10.1. The summed E-state index contributed by atoms with van der Waals surface area (Å²) in [5, 5.41) is 0.784. The molecule has 1 amide bonds.